The first kappa shape index (κ1) is 13.3. The maximum atomic E-state index is 13.9. The molecule has 1 fully saturated rings. The number of nitrogens with two attached hydrogens (primary N) is 1. The quantitative estimate of drug-likeness (QED) is 0.648. The molecule has 2 rings (SSSR count). The molecule has 1 aromatic rings. The van der Waals surface area contributed by atoms with E-state index in [1.807, 2.05) is 0 Å². The first-order valence-corrected chi connectivity index (χ1v) is 6.93. The molecule has 0 atom stereocenters. The minimum atomic E-state index is -0.274. The van der Waals surface area contributed by atoms with Crippen molar-refractivity contribution in [2.75, 3.05) is 5.32 Å². The van der Waals surface area contributed by atoms with Crippen LogP contribution in [-0.2, 0) is 0 Å². The Bertz CT molecular complexity index is 426. The van der Waals surface area contributed by atoms with Gasteiger partial charge in [0.2, 0.25) is 0 Å². The molecule has 1 saturated carbocycles. The van der Waals surface area contributed by atoms with E-state index in [0.717, 1.165) is 12.8 Å². The smallest absolute Gasteiger partial charge is 0.146 e. The standard InChI is InChI=1S/C14H19FN2S/c15-12-9-10(14(16)18)7-8-13(12)17-11-5-3-1-2-4-6-11/h7-9,11,17H,1-6H2,(H2,16,18). The Morgan fingerprint density at radius 2 is 1.89 bits per heavy atom. The van der Waals surface area contributed by atoms with Crippen molar-refractivity contribution in [2.45, 2.75) is 44.6 Å². The summed E-state index contributed by atoms with van der Waals surface area (Å²) in [6.45, 7) is 0. The van der Waals surface area contributed by atoms with Crippen LogP contribution in [0.1, 0.15) is 44.1 Å². The van der Waals surface area contributed by atoms with E-state index in [1.54, 1.807) is 12.1 Å². The minimum Gasteiger partial charge on any atom is -0.389 e. The number of anilines is 1. The third-order valence-corrected chi connectivity index (χ3v) is 3.70. The van der Waals surface area contributed by atoms with Crippen molar-refractivity contribution in [1.82, 2.24) is 0 Å². The zero-order valence-electron chi connectivity index (χ0n) is 10.4. The number of rotatable bonds is 3. The van der Waals surface area contributed by atoms with E-state index in [-0.39, 0.29) is 10.8 Å². The summed E-state index contributed by atoms with van der Waals surface area (Å²) in [5, 5.41) is 3.30. The highest BCUT2D eigenvalue weighted by Crippen LogP contribution is 2.23. The largest absolute Gasteiger partial charge is 0.389 e. The molecule has 18 heavy (non-hydrogen) atoms. The average molecular weight is 266 g/mol. The molecule has 0 saturated heterocycles. The zero-order valence-corrected chi connectivity index (χ0v) is 11.2. The summed E-state index contributed by atoms with van der Waals surface area (Å²) in [6.07, 6.45) is 7.28. The maximum Gasteiger partial charge on any atom is 0.146 e. The van der Waals surface area contributed by atoms with Crippen LogP contribution in [0.15, 0.2) is 18.2 Å². The van der Waals surface area contributed by atoms with Crippen molar-refractivity contribution < 1.29 is 4.39 Å². The lowest BCUT2D eigenvalue weighted by atomic mass is 10.1. The summed E-state index contributed by atoms with van der Waals surface area (Å²) in [6, 6.07) is 5.29. The van der Waals surface area contributed by atoms with Gasteiger partial charge in [-0.15, -0.1) is 0 Å². The third kappa shape index (κ3) is 3.42. The van der Waals surface area contributed by atoms with Gasteiger partial charge in [0.15, 0.2) is 0 Å². The van der Waals surface area contributed by atoms with Gasteiger partial charge in [-0.2, -0.15) is 0 Å². The Balaban J connectivity index is 2.06. The van der Waals surface area contributed by atoms with Crippen LogP contribution in [0.5, 0.6) is 0 Å². The molecule has 4 heteroatoms. The number of benzene rings is 1. The van der Waals surface area contributed by atoms with E-state index in [2.05, 4.69) is 5.32 Å². The SMILES string of the molecule is NC(=S)c1ccc(NC2CCCCCC2)c(F)c1. The van der Waals surface area contributed by atoms with Crippen LogP contribution < -0.4 is 11.1 Å². The predicted molar refractivity (Wildman–Crippen MR) is 77.4 cm³/mol. The normalized spacial score (nSPS) is 17.2. The first-order valence-electron chi connectivity index (χ1n) is 6.52. The van der Waals surface area contributed by atoms with Gasteiger partial charge in [0.1, 0.15) is 10.8 Å². The summed E-state index contributed by atoms with van der Waals surface area (Å²) >= 11 is 4.83. The molecule has 0 bridgehead atoms. The van der Waals surface area contributed by atoms with Crippen molar-refractivity contribution in [3.05, 3.63) is 29.6 Å². The molecule has 1 aliphatic carbocycles. The number of thiocarbonyl (C=S) groups is 1. The Labute approximate surface area is 113 Å². The summed E-state index contributed by atoms with van der Waals surface area (Å²) in [4.78, 5) is 0.231. The fraction of sp³-hybridized carbons (Fsp3) is 0.500. The van der Waals surface area contributed by atoms with Gasteiger partial charge in [-0.1, -0.05) is 37.9 Å². The first-order chi connectivity index (χ1) is 8.66. The molecule has 0 aliphatic heterocycles. The van der Waals surface area contributed by atoms with E-state index in [1.165, 1.54) is 31.7 Å². The second-order valence-electron chi connectivity index (χ2n) is 4.89. The lowest BCUT2D eigenvalue weighted by molar-refractivity contribution is 0.597. The molecular formula is C14H19FN2S. The van der Waals surface area contributed by atoms with Crippen LogP contribution in [0.2, 0.25) is 0 Å². The van der Waals surface area contributed by atoms with Crippen LogP contribution in [0.4, 0.5) is 10.1 Å². The van der Waals surface area contributed by atoms with Crippen LogP contribution in [0.25, 0.3) is 0 Å². The minimum absolute atomic E-state index is 0.231. The summed E-state index contributed by atoms with van der Waals surface area (Å²) in [7, 11) is 0. The molecule has 2 nitrogen and oxygen atoms in total. The fourth-order valence-electron chi connectivity index (χ4n) is 2.43. The predicted octanol–water partition coefficient (Wildman–Crippen LogP) is 3.59. The molecule has 0 spiro atoms. The highest BCUT2D eigenvalue weighted by molar-refractivity contribution is 7.80. The Hall–Kier alpha value is -1.16. The van der Waals surface area contributed by atoms with E-state index < -0.39 is 0 Å². The van der Waals surface area contributed by atoms with Gasteiger partial charge >= 0.3 is 0 Å². The van der Waals surface area contributed by atoms with Crippen LogP contribution in [-0.4, -0.2) is 11.0 Å². The van der Waals surface area contributed by atoms with Gasteiger partial charge in [-0.05, 0) is 31.0 Å². The Morgan fingerprint density at radius 1 is 1.22 bits per heavy atom. The van der Waals surface area contributed by atoms with E-state index in [4.69, 9.17) is 18.0 Å². The van der Waals surface area contributed by atoms with Crippen molar-refractivity contribution >= 4 is 22.9 Å². The molecule has 0 heterocycles. The van der Waals surface area contributed by atoms with Crippen molar-refractivity contribution in [3.8, 4) is 0 Å². The molecule has 0 amide bonds. The fourth-order valence-corrected chi connectivity index (χ4v) is 2.56. The van der Waals surface area contributed by atoms with Gasteiger partial charge in [0, 0.05) is 11.6 Å². The summed E-state index contributed by atoms with van der Waals surface area (Å²) < 4.78 is 13.9. The lowest BCUT2D eigenvalue weighted by Crippen LogP contribution is -2.19. The van der Waals surface area contributed by atoms with Crippen LogP contribution in [0.3, 0.4) is 0 Å². The van der Waals surface area contributed by atoms with Gasteiger partial charge in [-0.3, -0.25) is 0 Å². The highest BCUT2D eigenvalue weighted by Gasteiger charge is 2.14. The number of hydrogen-bond acceptors (Lipinski definition) is 2. The molecule has 0 aromatic heterocycles. The number of halogens is 1. The van der Waals surface area contributed by atoms with Gasteiger partial charge < -0.3 is 11.1 Å². The second kappa shape index (κ2) is 6.14. The molecular weight excluding hydrogens is 247 g/mol. The number of hydrogen-bond donors (Lipinski definition) is 2. The highest BCUT2D eigenvalue weighted by atomic mass is 32.1. The van der Waals surface area contributed by atoms with Gasteiger partial charge in [-0.25, -0.2) is 4.39 Å². The van der Waals surface area contributed by atoms with E-state index >= 15 is 0 Å². The average Bonchev–Trinajstić information content (AvgIpc) is 2.60. The second-order valence-corrected chi connectivity index (χ2v) is 5.33. The molecule has 3 N–H and O–H groups in total. The monoisotopic (exact) mass is 266 g/mol. The van der Waals surface area contributed by atoms with Gasteiger partial charge in [0.25, 0.3) is 0 Å². The molecule has 0 radical (unpaired) electrons. The maximum absolute atomic E-state index is 13.9. The Morgan fingerprint density at radius 3 is 2.44 bits per heavy atom. The van der Waals surface area contributed by atoms with Gasteiger partial charge in [0.05, 0.1) is 5.69 Å². The molecule has 98 valence electrons. The summed E-state index contributed by atoms with van der Waals surface area (Å²) in [5.41, 5.74) is 6.62. The summed E-state index contributed by atoms with van der Waals surface area (Å²) in [5.74, 6) is -0.274. The zero-order chi connectivity index (χ0) is 13.0. The molecule has 1 aromatic carbocycles. The third-order valence-electron chi connectivity index (χ3n) is 3.47. The van der Waals surface area contributed by atoms with E-state index in [9.17, 15) is 4.39 Å². The van der Waals surface area contributed by atoms with E-state index in [0.29, 0.717) is 17.3 Å². The lowest BCUT2D eigenvalue weighted by Gasteiger charge is -2.18. The van der Waals surface area contributed by atoms with Crippen molar-refractivity contribution in [2.24, 2.45) is 5.73 Å². The molecule has 1 aliphatic rings. The molecule has 0 unspecified atom stereocenters. The van der Waals surface area contributed by atoms with Crippen LogP contribution in [0, 0.1) is 5.82 Å². The van der Waals surface area contributed by atoms with Crippen molar-refractivity contribution in [3.63, 3.8) is 0 Å². The van der Waals surface area contributed by atoms with Crippen LogP contribution >= 0.6 is 12.2 Å². The number of nitrogens with one attached hydrogen (secondary N) is 1. The topological polar surface area (TPSA) is 38.0 Å². The van der Waals surface area contributed by atoms with Crippen molar-refractivity contribution in [1.29, 1.82) is 0 Å². The Kier molecular flexibility index (Phi) is 4.53.